The van der Waals surface area contributed by atoms with Crippen LogP contribution in [0.25, 0.3) is 0 Å². The Hall–Kier alpha value is -0.950. The summed E-state index contributed by atoms with van der Waals surface area (Å²) in [7, 11) is 0. The summed E-state index contributed by atoms with van der Waals surface area (Å²) in [6.45, 7) is 0. The number of benzene rings is 2. The van der Waals surface area contributed by atoms with Gasteiger partial charge in [-0.15, -0.1) is 23.1 Å². The molecule has 1 heterocycles. The molecule has 2 aromatic carbocycles. The van der Waals surface area contributed by atoms with E-state index in [2.05, 4.69) is 10.3 Å². The highest BCUT2D eigenvalue weighted by atomic mass is 35.5. The average Bonchev–Trinajstić information content (AvgIpc) is 3.04. The zero-order valence-corrected chi connectivity index (χ0v) is 18.3. The number of hydrogen-bond donors (Lipinski definition) is 1. The molecule has 0 unspecified atom stereocenters. The topological polar surface area (TPSA) is 42.0 Å². The van der Waals surface area contributed by atoms with Gasteiger partial charge in [-0.1, -0.05) is 46.4 Å². The van der Waals surface area contributed by atoms with E-state index >= 15 is 0 Å². The molecule has 3 nitrogen and oxygen atoms in total. The molecule has 0 saturated carbocycles. The standard InChI is InChI=1S/C18H12Cl4N2OS2/c19-11-1-3-14(21)10(5-11)6-13-8-23-18(27-13)24-17(25)9-26-16-4-2-12(20)7-15(16)22/h1-5,7-8H,6,9H2,(H,23,24,25). The molecular formula is C18H12Cl4N2OS2. The minimum absolute atomic E-state index is 0.160. The van der Waals surface area contributed by atoms with Crippen molar-refractivity contribution >= 4 is 80.5 Å². The van der Waals surface area contributed by atoms with E-state index in [1.54, 1.807) is 36.5 Å². The van der Waals surface area contributed by atoms with Crippen molar-refractivity contribution < 1.29 is 4.79 Å². The number of carbonyl (C=O) groups is 1. The molecule has 0 aliphatic rings. The molecule has 1 aromatic heterocycles. The quantitative estimate of drug-likeness (QED) is 0.385. The molecule has 0 bridgehead atoms. The number of rotatable bonds is 6. The van der Waals surface area contributed by atoms with Crippen molar-refractivity contribution in [2.24, 2.45) is 0 Å². The van der Waals surface area contributed by atoms with E-state index in [-0.39, 0.29) is 11.7 Å². The molecule has 0 radical (unpaired) electrons. The maximum atomic E-state index is 12.2. The predicted molar refractivity (Wildman–Crippen MR) is 117 cm³/mol. The van der Waals surface area contributed by atoms with Crippen LogP contribution < -0.4 is 5.32 Å². The highest BCUT2D eigenvalue weighted by Gasteiger charge is 2.11. The second-order valence-corrected chi connectivity index (χ2v) is 9.28. The van der Waals surface area contributed by atoms with Gasteiger partial charge in [0.05, 0.1) is 10.8 Å². The molecule has 1 N–H and O–H groups in total. The minimum atomic E-state index is -0.160. The molecule has 1 amide bonds. The van der Waals surface area contributed by atoms with Crippen LogP contribution in [0.4, 0.5) is 5.13 Å². The molecule has 0 spiro atoms. The summed E-state index contributed by atoms with van der Waals surface area (Å²) >= 11 is 26.9. The van der Waals surface area contributed by atoms with Gasteiger partial charge in [-0.3, -0.25) is 4.79 Å². The molecule has 3 aromatic rings. The van der Waals surface area contributed by atoms with Crippen LogP contribution in [-0.2, 0) is 11.2 Å². The highest BCUT2D eigenvalue weighted by molar-refractivity contribution is 8.00. The van der Waals surface area contributed by atoms with Crippen LogP contribution in [-0.4, -0.2) is 16.6 Å². The Bertz CT molecular complexity index is 978. The van der Waals surface area contributed by atoms with E-state index in [4.69, 9.17) is 46.4 Å². The van der Waals surface area contributed by atoms with Crippen molar-refractivity contribution in [2.75, 3.05) is 11.1 Å². The first kappa shape index (κ1) is 20.8. The molecule has 9 heteroatoms. The minimum Gasteiger partial charge on any atom is -0.301 e. The Balaban J connectivity index is 1.57. The van der Waals surface area contributed by atoms with E-state index < -0.39 is 0 Å². The van der Waals surface area contributed by atoms with Gasteiger partial charge in [0, 0.05) is 37.5 Å². The van der Waals surface area contributed by atoms with Crippen LogP contribution in [0.2, 0.25) is 20.1 Å². The fourth-order valence-corrected chi connectivity index (χ4v) is 4.73. The number of anilines is 1. The number of nitrogens with one attached hydrogen (secondary N) is 1. The number of amides is 1. The third-order valence-electron chi connectivity index (χ3n) is 3.43. The lowest BCUT2D eigenvalue weighted by molar-refractivity contribution is -0.113. The van der Waals surface area contributed by atoms with Crippen LogP contribution in [0.5, 0.6) is 0 Å². The van der Waals surface area contributed by atoms with E-state index in [1.165, 1.54) is 23.1 Å². The van der Waals surface area contributed by atoms with Crippen molar-refractivity contribution in [3.8, 4) is 0 Å². The Morgan fingerprint density at radius 1 is 1.04 bits per heavy atom. The van der Waals surface area contributed by atoms with Crippen LogP contribution in [0, 0.1) is 0 Å². The van der Waals surface area contributed by atoms with Crippen LogP contribution in [0.3, 0.4) is 0 Å². The number of nitrogens with zero attached hydrogens (tertiary/aromatic N) is 1. The maximum Gasteiger partial charge on any atom is 0.236 e. The third kappa shape index (κ3) is 6.01. The lowest BCUT2D eigenvalue weighted by Crippen LogP contribution is -2.13. The highest BCUT2D eigenvalue weighted by Crippen LogP contribution is 2.30. The summed E-state index contributed by atoms with van der Waals surface area (Å²) in [5, 5.41) is 5.69. The first-order valence-electron chi connectivity index (χ1n) is 7.67. The van der Waals surface area contributed by atoms with Crippen LogP contribution >= 0.6 is 69.5 Å². The Labute approximate surface area is 185 Å². The average molecular weight is 478 g/mol. The fraction of sp³-hybridized carbons (Fsp3) is 0.111. The Morgan fingerprint density at radius 2 is 1.78 bits per heavy atom. The van der Waals surface area contributed by atoms with Gasteiger partial charge in [0.1, 0.15) is 0 Å². The zero-order valence-electron chi connectivity index (χ0n) is 13.6. The van der Waals surface area contributed by atoms with Crippen LogP contribution in [0.1, 0.15) is 10.4 Å². The lowest BCUT2D eigenvalue weighted by Gasteiger charge is -2.04. The summed E-state index contributed by atoms with van der Waals surface area (Å²) < 4.78 is 0. The number of thiazole rings is 1. The second-order valence-electron chi connectivity index (χ2n) is 5.46. The Morgan fingerprint density at radius 3 is 2.56 bits per heavy atom. The molecule has 0 aliphatic carbocycles. The van der Waals surface area contributed by atoms with Crippen molar-refractivity contribution in [3.05, 3.63) is 73.1 Å². The predicted octanol–water partition coefficient (Wildman–Crippen LogP) is 7.08. The molecular weight excluding hydrogens is 466 g/mol. The zero-order chi connectivity index (χ0) is 19.4. The number of thioether (sulfide) groups is 1. The van der Waals surface area contributed by atoms with Crippen LogP contribution in [0.15, 0.2) is 47.5 Å². The molecule has 0 saturated heterocycles. The fourth-order valence-electron chi connectivity index (χ4n) is 2.20. The SMILES string of the molecule is O=C(CSc1ccc(Cl)cc1Cl)Nc1ncc(Cc2cc(Cl)ccc2Cl)s1. The number of hydrogen-bond acceptors (Lipinski definition) is 4. The maximum absolute atomic E-state index is 12.2. The van der Waals surface area contributed by atoms with E-state index in [0.717, 1.165) is 15.3 Å². The third-order valence-corrected chi connectivity index (χ3v) is 6.68. The number of carbonyl (C=O) groups excluding carboxylic acids is 1. The van der Waals surface area contributed by atoms with E-state index in [1.807, 2.05) is 6.07 Å². The summed E-state index contributed by atoms with van der Waals surface area (Å²) in [5.74, 6) is 0.0591. The van der Waals surface area contributed by atoms with Crippen molar-refractivity contribution in [2.45, 2.75) is 11.3 Å². The van der Waals surface area contributed by atoms with Gasteiger partial charge in [0.15, 0.2) is 5.13 Å². The van der Waals surface area contributed by atoms with Crippen molar-refractivity contribution in [1.82, 2.24) is 4.98 Å². The van der Waals surface area contributed by atoms with E-state index in [9.17, 15) is 4.79 Å². The number of halogens is 4. The molecule has 0 aliphatic heterocycles. The van der Waals surface area contributed by atoms with Crippen molar-refractivity contribution in [1.29, 1.82) is 0 Å². The summed E-state index contributed by atoms with van der Waals surface area (Å²) in [4.78, 5) is 18.2. The Kier molecular flexibility index (Phi) is 7.31. The van der Waals surface area contributed by atoms with Gasteiger partial charge in [-0.2, -0.15) is 0 Å². The summed E-state index contributed by atoms with van der Waals surface area (Å²) in [6.07, 6.45) is 2.32. The van der Waals surface area contributed by atoms with Gasteiger partial charge in [0.25, 0.3) is 0 Å². The molecule has 3 rings (SSSR count). The van der Waals surface area contributed by atoms with Crippen molar-refractivity contribution in [3.63, 3.8) is 0 Å². The van der Waals surface area contributed by atoms with Gasteiger partial charge in [-0.25, -0.2) is 4.98 Å². The summed E-state index contributed by atoms with van der Waals surface area (Å²) in [5.41, 5.74) is 0.915. The van der Waals surface area contributed by atoms with Gasteiger partial charge < -0.3 is 5.32 Å². The normalized spacial score (nSPS) is 10.8. The van der Waals surface area contributed by atoms with Gasteiger partial charge >= 0.3 is 0 Å². The van der Waals surface area contributed by atoms with Gasteiger partial charge in [0.2, 0.25) is 5.91 Å². The molecule has 27 heavy (non-hydrogen) atoms. The number of aromatic nitrogens is 1. The van der Waals surface area contributed by atoms with E-state index in [0.29, 0.717) is 31.6 Å². The van der Waals surface area contributed by atoms with Gasteiger partial charge in [-0.05, 0) is 42.0 Å². The molecule has 0 fully saturated rings. The molecule has 0 atom stereocenters. The molecule has 140 valence electrons. The second kappa shape index (κ2) is 9.50. The monoisotopic (exact) mass is 476 g/mol. The first-order valence-corrected chi connectivity index (χ1v) is 11.0. The largest absolute Gasteiger partial charge is 0.301 e. The lowest BCUT2D eigenvalue weighted by atomic mass is 10.1. The smallest absolute Gasteiger partial charge is 0.236 e. The summed E-state index contributed by atoms with van der Waals surface area (Å²) in [6, 6.07) is 10.5. The first-order chi connectivity index (χ1) is 12.9.